The molecule has 2 rings (SSSR count). The Balaban J connectivity index is 2.07. The van der Waals surface area contributed by atoms with Crippen LogP contribution in [0.4, 0.5) is 4.39 Å². The van der Waals surface area contributed by atoms with Crippen molar-refractivity contribution in [1.82, 2.24) is 0 Å². The van der Waals surface area contributed by atoms with Crippen LogP contribution in [0.5, 0.6) is 0 Å². The summed E-state index contributed by atoms with van der Waals surface area (Å²) in [7, 11) is 0. The van der Waals surface area contributed by atoms with E-state index in [1.165, 1.54) is 17.0 Å². The summed E-state index contributed by atoms with van der Waals surface area (Å²) in [5.41, 5.74) is 1.08. The van der Waals surface area contributed by atoms with Gasteiger partial charge in [-0.15, -0.1) is 11.3 Å². The zero-order valence-electron chi connectivity index (χ0n) is 9.98. The third kappa shape index (κ3) is 3.69. The first-order valence-electron chi connectivity index (χ1n) is 5.66. The lowest BCUT2D eigenvalue weighted by molar-refractivity contribution is 0.253. The van der Waals surface area contributed by atoms with E-state index in [1.807, 2.05) is 12.1 Å². The molecule has 0 aliphatic heterocycles. The molecule has 0 bridgehead atoms. The van der Waals surface area contributed by atoms with E-state index in [-0.39, 0.29) is 5.82 Å². The Kier molecular flexibility index (Phi) is 4.14. The van der Waals surface area contributed by atoms with E-state index >= 15 is 0 Å². The van der Waals surface area contributed by atoms with Crippen LogP contribution in [0.25, 0.3) is 0 Å². The summed E-state index contributed by atoms with van der Waals surface area (Å²) < 4.78 is 12.8. The fourth-order valence-corrected chi connectivity index (χ4v) is 2.42. The average Bonchev–Trinajstić information content (AvgIpc) is 2.77. The minimum absolute atomic E-state index is 0.214. The smallest absolute Gasteiger partial charge is 0.123 e. The van der Waals surface area contributed by atoms with E-state index in [1.54, 1.807) is 30.4 Å². The van der Waals surface area contributed by atoms with Crippen LogP contribution in [0, 0.1) is 17.7 Å². The maximum atomic E-state index is 12.8. The molecule has 1 heterocycles. The average molecular weight is 260 g/mol. The summed E-state index contributed by atoms with van der Waals surface area (Å²) in [6, 6.07) is 10.5. The molecular weight excluding hydrogens is 247 g/mol. The molecule has 1 nitrogen and oxygen atoms in total. The Hall–Kier alpha value is -1.63. The van der Waals surface area contributed by atoms with Crippen molar-refractivity contribution in [2.45, 2.75) is 19.4 Å². The topological polar surface area (TPSA) is 20.2 Å². The first kappa shape index (κ1) is 12.8. The maximum Gasteiger partial charge on any atom is 0.123 e. The molecule has 1 aromatic carbocycles. The summed E-state index contributed by atoms with van der Waals surface area (Å²) in [4.78, 5) is 2.12. The quantitative estimate of drug-likeness (QED) is 0.822. The Morgan fingerprint density at radius 2 is 1.94 bits per heavy atom. The molecule has 0 saturated carbocycles. The van der Waals surface area contributed by atoms with Gasteiger partial charge in [0.1, 0.15) is 11.9 Å². The van der Waals surface area contributed by atoms with Gasteiger partial charge in [0.25, 0.3) is 0 Å². The minimum Gasteiger partial charge on any atom is -0.381 e. The van der Waals surface area contributed by atoms with Crippen LogP contribution in [0.3, 0.4) is 0 Å². The number of hydrogen-bond donors (Lipinski definition) is 1. The molecule has 0 spiro atoms. The number of aliphatic hydroxyl groups excluding tert-OH is 1. The van der Waals surface area contributed by atoms with Gasteiger partial charge in [-0.25, -0.2) is 4.39 Å². The predicted molar refractivity (Wildman–Crippen MR) is 72.1 cm³/mol. The van der Waals surface area contributed by atoms with Crippen molar-refractivity contribution in [3.63, 3.8) is 0 Å². The number of hydrogen-bond acceptors (Lipinski definition) is 2. The molecule has 0 aliphatic carbocycles. The second kappa shape index (κ2) is 5.81. The van der Waals surface area contributed by atoms with Gasteiger partial charge in [0.15, 0.2) is 0 Å². The van der Waals surface area contributed by atoms with Crippen LogP contribution in [0.15, 0.2) is 36.4 Å². The molecule has 2 aromatic rings. The van der Waals surface area contributed by atoms with Crippen molar-refractivity contribution in [1.29, 1.82) is 0 Å². The monoisotopic (exact) mass is 260 g/mol. The van der Waals surface area contributed by atoms with E-state index in [0.717, 1.165) is 16.9 Å². The van der Waals surface area contributed by atoms with Crippen molar-refractivity contribution >= 4 is 11.3 Å². The molecule has 1 N–H and O–H groups in total. The van der Waals surface area contributed by atoms with Crippen molar-refractivity contribution in [3.05, 3.63) is 57.5 Å². The predicted octanol–water partition coefficient (Wildman–Crippen LogP) is 3.21. The highest BCUT2D eigenvalue weighted by Gasteiger charge is 2.00. The van der Waals surface area contributed by atoms with Crippen LogP contribution in [-0.4, -0.2) is 11.2 Å². The maximum absolute atomic E-state index is 12.8. The number of thiophene rings is 1. The second-order valence-electron chi connectivity index (χ2n) is 4.01. The Morgan fingerprint density at radius 1 is 1.22 bits per heavy atom. The van der Waals surface area contributed by atoms with Gasteiger partial charge >= 0.3 is 0 Å². The summed E-state index contributed by atoms with van der Waals surface area (Å²) in [6.45, 7) is 1.64. The van der Waals surface area contributed by atoms with Crippen molar-refractivity contribution in [2.24, 2.45) is 0 Å². The van der Waals surface area contributed by atoms with Gasteiger partial charge in [-0.2, -0.15) is 0 Å². The Morgan fingerprint density at radius 3 is 2.61 bits per heavy atom. The second-order valence-corrected chi connectivity index (χ2v) is 5.18. The van der Waals surface area contributed by atoms with Gasteiger partial charge in [0, 0.05) is 11.3 Å². The Bertz CT molecular complexity index is 573. The number of aliphatic hydroxyl groups is 1. The van der Waals surface area contributed by atoms with E-state index in [4.69, 9.17) is 5.11 Å². The molecule has 1 aromatic heterocycles. The standard InChI is InChI=1S/C15H13FOS/c1-11(17)2-7-14-8-9-15(18-14)10-12-3-5-13(16)6-4-12/h3-6,8-9,11,17H,10H2,1H3. The lowest BCUT2D eigenvalue weighted by Gasteiger charge is -1.97. The summed E-state index contributed by atoms with van der Waals surface area (Å²) in [5.74, 6) is 5.42. The zero-order chi connectivity index (χ0) is 13.0. The fourth-order valence-electron chi connectivity index (χ4n) is 1.52. The molecule has 0 aliphatic rings. The third-order valence-corrected chi connectivity index (χ3v) is 3.36. The van der Waals surface area contributed by atoms with Crippen molar-refractivity contribution < 1.29 is 9.50 Å². The molecule has 1 unspecified atom stereocenters. The van der Waals surface area contributed by atoms with Crippen LogP contribution in [0.1, 0.15) is 22.2 Å². The van der Waals surface area contributed by atoms with Gasteiger partial charge in [0.05, 0.1) is 4.88 Å². The largest absolute Gasteiger partial charge is 0.381 e. The van der Waals surface area contributed by atoms with Crippen LogP contribution >= 0.6 is 11.3 Å². The molecule has 0 radical (unpaired) electrons. The van der Waals surface area contributed by atoms with Crippen molar-refractivity contribution in [2.75, 3.05) is 0 Å². The van der Waals surface area contributed by atoms with Crippen molar-refractivity contribution in [3.8, 4) is 11.8 Å². The summed E-state index contributed by atoms with van der Waals surface area (Å²) in [5, 5.41) is 9.08. The van der Waals surface area contributed by atoms with E-state index in [0.29, 0.717) is 0 Å². The molecule has 3 heteroatoms. The number of rotatable bonds is 2. The molecule has 0 amide bonds. The van der Waals surface area contributed by atoms with Crippen LogP contribution in [-0.2, 0) is 6.42 Å². The van der Waals surface area contributed by atoms with Crippen LogP contribution < -0.4 is 0 Å². The highest BCUT2D eigenvalue weighted by molar-refractivity contribution is 7.12. The van der Waals surface area contributed by atoms with E-state index in [9.17, 15) is 4.39 Å². The number of benzene rings is 1. The third-order valence-electron chi connectivity index (χ3n) is 2.36. The van der Waals surface area contributed by atoms with E-state index in [2.05, 4.69) is 11.8 Å². The number of halogens is 1. The lowest BCUT2D eigenvalue weighted by Crippen LogP contribution is -1.91. The zero-order valence-corrected chi connectivity index (χ0v) is 10.8. The van der Waals surface area contributed by atoms with Crippen LogP contribution in [0.2, 0.25) is 0 Å². The minimum atomic E-state index is -0.604. The summed E-state index contributed by atoms with van der Waals surface area (Å²) in [6.07, 6.45) is 0.175. The lowest BCUT2D eigenvalue weighted by atomic mass is 10.1. The molecule has 18 heavy (non-hydrogen) atoms. The van der Waals surface area contributed by atoms with Gasteiger partial charge in [0.2, 0.25) is 0 Å². The van der Waals surface area contributed by atoms with Gasteiger partial charge < -0.3 is 5.11 Å². The molecule has 92 valence electrons. The Labute approximate surface area is 110 Å². The fraction of sp³-hybridized carbons (Fsp3) is 0.200. The van der Waals surface area contributed by atoms with Gasteiger partial charge in [-0.05, 0) is 36.8 Å². The molecule has 1 atom stereocenters. The molecular formula is C15H13FOS. The summed E-state index contributed by atoms with van der Waals surface area (Å²) >= 11 is 1.60. The van der Waals surface area contributed by atoms with Gasteiger partial charge in [-0.3, -0.25) is 0 Å². The molecule has 0 fully saturated rings. The first-order chi connectivity index (χ1) is 8.63. The first-order valence-corrected chi connectivity index (χ1v) is 6.48. The highest BCUT2D eigenvalue weighted by atomic mass is 32.1. The SMILES string of the molecule is CC(O)C#Cc1ccc(Cc2ccc(F)cc2)s1. The molecule has 0 saturated heterocycles. The highest BCUT2D eigenvalue weighted by Crippen LogP contribution is 2.19. The normalized spacial score (nSPS) is 11.7. The van der Waals surface area contributed by atoms with E-state index < -0.39 is 6.10 Å². The van der Waals surface area contributed by atoms with Gasteiger partial charge in [-0.1, -0.05) is 24.0 Å².